The van der Waals surface area contributed by atoms with Crippen molar-refractivity contribution in [1.29, 1.82) is 0 Å². The third kappa shape index (κ3) is 5.00. The minimum Gasteiger partial charge on any atom is -0.205 e. The molecule has 0 fully saturated rings. The van der Waals surface area contributed by atoms with Gasteiger partial charge in [0.05, 0.1) is 17.2 Å². The summed E-state index contributed by atoms with van der Waals surface area (Å²) < 4.78 is 50.3. The lowest BCUT2D eigenvalue weighted by molar-refractivity contribution is 0.580. The molecular weight excluding hydrogens is 310 g/mol. The SMILES string of the molecule is CCCCS(=O)(=O)N(c1[c]cccc1)S(=O)(=O)CCCC. The Bertz CT molecular complexity index is 586. The molecule has 0 spiro atoms. The van der Waals surface area contributed by atoms with Gasteiger partial charge in [0.2, 0.25) is 20.0 Å². The van der Waals surface area contributed by atoms with Crippen LogP contribution in [0.1, 0.15) is 39.5 Å². The molecular formula is C14H22NO4S2. The summed E-state index contributed by atoms with van der Waals surface area (Å²) in [5.41, 5.74) is 0.0599. The lowest BCUT2D eigenvalue weighted by atomic mass is 10.3. The van der Waals surface area contributed by atoms with E-state index in [1.165, 1.54) is 12.1 Å². The van der Waals surface area contributed by atoms with Crippen molar-refractivity contribution in [3.8, 4) is 0 Å². The maximum atomic E-state index is 12.4. The van der Waals surface area contributed by atoms with E-state index in [2.05, 4.69) is 6.07 Å². The van der Waals surface area contributed by atoms with E-state index >= 15 is 0 Å². The van der Waals surface area contributed by atoms with Gasteiger partial charge in [0.15, 0.2) is 0 Å². The van der Waals surface area contributed by atoms with Crippen molar-refractivity contribution in [2.45, 2.75) is 39.5 Å². The highest BCUT2D eigenvalue weighted by Crippen LogP contribution is 2.23. The van der Waals surface area contributed by atoms with Gasteiger partial charge in [-0.05, 0) is 18.9 Å². The Hall–Kier alpha value is -1.08. The molecule has 0 aromatic heterocycles. The summed E-state index contributed by atoms with van der Waals surface area (Å²) in [5.74, 6) is -0.366. The first-order valence-corrected chi connectivity index (χ1v) is 10.3. The topological polar surface area (TPSA) is 71.5 Å². The minimum absolute atomic E-state index is 0.0599. The van der Waals surface area contributed by atoms with Crippen molar-refractivity contribution in [3.63, 3.8) is 0 Å². The highest BCUT2D eigenvalue weighted by molar-refractivity contribution is 8.10. The largest absolute Gasteiger partial charge is 0.248 e. The molecule has 0 saturated carbocycles. The van der Waals surface area contributed by atoms with Crippen LogP contribution >= 0.6 is 0 Å². The van der Waals surface area contributed by atoms with Crippen molar-refractivity contribution >= 4 is 25.7 Å². The second-order valence-corrected chi connectivity index (χ2v) is 8.89. The molecule has 0 amide bonds. The van der Waals surface area contributed by atoms with Gasteiger partial charge in [-0.1, -0.05) is 44.9 Å². The van der Waals surface area contributed by atoms with Gasteiger partial charge in [0.1, 0.15) is 0 Å². The number of benzene rings is 1. The molecule has 5 nitrogen and oxygen atoms in total. The molecule has 0 heterocycles. The van der Waals surface area contributed by atoms with E-state index in [1.54, 1.807) is 12.1 Å². The maximum Gasteiger partial charge on any atom is 0.248 e. The first kappa shape index (κ1) is 18.0. The fourth-order valence-corrected chi connectivity index (χ4v) is 6.09. The van der Waals surface area contributed by atoms with Crippen LogP contribution in [0.4, 0.5) is 5.69 Å². The summed E-state index contributed by atoms with van der Waals surface area (Å²) in [7, 11) is -7.82. The van der Waals surface area contributed by atoms with Crippen LogP contribution in [-0.4, -0.2) is 28.3 Å². The molecule has 119 valence electrons. The molecule has 0 N–H and O–H groups in total. The average molecular weight is 332 g/mol. The summed E-state index contributed by atoms with van der Waals surface area (Å²) in [6.45, 7) is 3.72. The Labute approximate surface area is 128 Å². The Kier molecular flexibility index (Phi) is 6.67. The highest BCUT2D eigenvalue weighted by atomic mass is 32.3. The van der Waals surface area contributed by atoms with E-state index in [0.29, 0.717) is 29.4 Å². The Morgan fingerprint density at radius 1 is 0.952 bits per heavy atom. The molecule has 1 radical (unpaired) electrons. The standard InChI is InChI=1S/C14H22NO4S2/c1-3-5-12-20(16,17)15(14-10-8-7-9-11-14)21(18,19)13-6-4-2/h7-10H,3-6,12-13H2,1-2H3. The number of unbranched alkanes of at least 4 members (excludes halogenated alkanes) is 2. The monoisotopic (exact) mass is 332 g/mol. The Morgan fingerprint density at radius 2 is 1.48 bits per heavy atom. The first-order valence-electron chi connectivity index (χ1n) is 7.07. The third-order valence-corrected chi connectivity index (χ3v) is 7.28. The van der Waals surface area contributed by atoms with Gasteiger partial charge < -0.3 is 0 Å². The highest BCUT2D eigenvalue weighted by Gasteiger charge is 2.33. The van der Waals surface area contributed by atoms with Crippen LogP contribution in [-0.2, 0) is 20.0 Å². The van der Waals surface area contributed by atoms with Crippen LogP contribution in [0.3, 0.4) is 0 Å². The third-order valence-electron chi connectivity index (χ3n) is 2.91. The summed E-state index contributed by atoms with van der Waals surface area (Å²) in [6.07, 6.45) is 2.21. The molecule has 7 heteroatoms. The average Bonchev–Trinajstić information content (AvgIpc) is 2.44. The van der Waals surface area contributed by atoms with Crippen LogP contribution in [0.2, 0.25) is 0 Å². The van der Waals surface area contributed by atoms with Crippen LogP contribution in [0.5, 0.6) is 0 Å². The van der Waals surface area contributed by atoms with Crippen LogP contribution in [0.15, 0.2) is 24.3 Å². The normalized spacial score (nSPS) is 12.3. The second kappa shape index (κ2) is 7.79. The van der Waals surface area contributed by atoms with E-state index in [4.69, 9.17) is 0 Å². The number of rotatable bonds is 9. The van der Waals surface area contributed by atoms with Crippen molar-refractivity contribution < 1.29 is 16.8 Å². The van der Waals surface area contributed by atoms with Gasteiger partial charge in [-0.3, -0.25) is 0 Å². The van der Waals surface area contributed by atoms with Gasteiger partial charge in [0, 0.05) is 6.07 Å². The number of hydrogen-bond donors (Lipinski definition) is 0. The number of nitrogens with zero attached hydrogens (tertiary/aromatic N) is 1. The summed E-state index contributed by atoms with van der Waals surface area (Å²) in [6, 6.07) is 8.93. The zero-order valence-electron chi connectivity index (χ0n) is 12.4. The zero-order valence-corrected chi connectivity index (χ0v) is 14.1. The van der Waals surface area contributed by atoms with Gasteiger partial charge >= 0.3 is 0 Å². The van der Waals surface area contributed by atoms with Crippen molar-refractivity contribution in [3.05, 3.63) is 30.3 Å². The molecule has 0 atom stereocenters. The number of anilines is 1. The lowest BCUT2D eigenvalue weighted by Gasteiger charge is -2.23. The maximum absolute atomic E-state index is 12.4. The fourth-order valence-electron chi connectivity index (χ4n) is 1.79. The first-order chi connectivity index (χ1) is 9.85. The number of hydrogen-bond acceptors (Lipinski definition) is 4. The van der Waals surface area contributed by atoms with Gasteiger partial charge in [0.25, 0.3) is 0 Å². The van der Waals surface area contributed by atoms with E-state index in [0.717, 1.165) is 0 Å². The molecule has 1 aromatic rings. The summed E-state index contributed by atoms with van der Waals surface area (Å²) >= 11 is 0. The molecule has 0 saturated heterocycles. The van der Waals surface area contributed by atoms with Crippen LogP contribution in [0.25, 0.3) is 0 Å². The lowest BCUT2D eigenvalue weighted by Crippen LogP contribution is -2.40. The fraction of sp³-hybridized carbons (Fsp3) is 0.571. The van der Waals surface area contributed by atoms with E-state index in [-0.39, 0.29) is 17.2 Å². The molecule has 21 heavy (non-hydrogen) atoms. The Morgan fingerprint density at radius 3 is 1.86 bits per heavy atom. The summed E-state index contributed by atoms with van der Waals surface area (Å²) in [4.78, 5) is 0. The summed E-state index contributed by atoms with van der Waals surface area (Å²) in [5, 5.41) is 0. The van der Waals surface area contributed by atoms with Gasteiger partial charge in [-0.15, -0.1) is 0 Å². The van der Waals surface area contributed by atoms with E-state index in [1.807, 2.05) is 13.8 Å². The Balaban J connectivity index is 3.25. The number of para-hydroxylation sites is 1. The van der Waals surface area contributed by atoms with Crippen molar-refractivity contribution in [2.75, 3.05) is 15.2 Å². The van der Waals surface area contributed by atoms with Crippen LogP contribution in [0, 0.1) is 6.07 Å². The molecule has 0 aliphatic carbocycles. The van der Waals surface area contributed by atoms with Crippen molar-refractivity contribution in [2.24, 2.45) is 0 Å². The van der Waals surface area contributed by atoms with E-state index in [9.17, 15) is 16.8 Å². The second-order valence-electron chi connectivity index (χ2n) is 4.78. The van der Waals surface area contributed by atoms with E-state index < -0.39 is 20.0 Å². The molecule has 0 aliphatic heterocycles. The molecule has 0 unspecified atom stereocenters. The van der Waals surface area contributed by atoms with Crippen molar-refractivity contribution in [1.82, 2.24) is 0 Å². The molecule has 0 aliphatic rings. The van der Waals surface area contributed by atoms with Crippen LogP contribution < -0.4 is 3.71 Å². The van der Waals surface area contributed by atoms with Gasteiger partial charge in [-0.2, -0.15) is 3.71 Å². The molecule has 1 aromatic carbocycles. The smallest absolute Gasteiger partial charge is 0.205 e. The number of sulfonamides is 2. The molecule has 0 bridgehead atoms. The minimum atomic E-state index is -3.91. The predicted octanol–water partition coefficient (Wildman–Crippen LogP) is 2.55. The molecule has 1 rings (SSSR count). The predicted molar refractivity (Wildman–Crippen MR) is 85.1 cm³/mol. The quantitative estimate of drug-likeness (QED) is 0.697. The van der Waals surface area contributed by atoms with Gasteiger partial charge in [-0.25, -0.2) is 16.8 Å². The zero-order chi connectivity index (χ0) is 15.9.